The van der Waals surface area contributed by atoms with Crippen molar-refractivity contribution in [1.29, 1.82) is 5.26 Å². The third-order valence-electron chi connectivity index (χ3n) is 6.34. The van der Waals surface area contributed by atoms with E-state index in [4.69, 9.17) is 0 Å². The van der Waals surface area contributed by atoms with Gasteiger partial charge in [-0.3, -0.25) is 0 Å². The lowest BCUT2D eigenvalue weighted by Gasteiger charge is -2.35. The van der Waals surface area contributed by atoms with Crippen molar-refractivity contribution in [2.24, 2.45) is 5.92 Å². The molecule has 0 saturated carbocycles. The molecule has 0 unspecified atom stereocenters. The predicted molar refractivity (Wildman–Crippen MR) is 133 cm³/mol. The highest BCUT2D eigenvalue weighted by atomic mass is 32.1. The number of rotatable bonds is 7. The summed E-state index contributed by atoms with van der Waals surface area (Å²) >= 11 is 1.66. The zero-order valence-corrected chi connectivity index (χ0v) is 19.5. The molecule has 1 saturated heterocycles. The highest BCUT2D eigenvalue weighted by Gasteiger charge is 2.23. The van der Waals surface area contributed by atoms with E-state index in [1.807, 2.05) is 18.2 Å². The largest absolute Gasteiger partial charge is 0.370 e. The molecule has 1 fully saturated rings. The molecule has 0 aliphatic carbocycles. The lowest BCUT2D eigenvalue weighted by molar-refractivity contribution is 0.397. The van der Waals surface area contributed by atoms with E-state index in [0.717, 1.165) is 61.1 Å². The summed E-state index contributed by atoms with van der Waals surface area (Å²) in [6.45, 7) is 8.04. The monoisotopic (exact) mass is 463 g/mol. The Hall–Kier alpha value is -3.17. The first-order valence-corrected chi connectivity index (χ1v) is 12.2. The zero-order chi connectivity index (χ0) is 23.4. The van der Waals surface area contributed by atoms with Crippen LogP contribution in [0.3, 0.4) is 0 Å². The maximum atomic E-state index is 14.1. The Labute approximate surface area is 198 Å². The van der Waals surface area contributed by atoms with E-state index >= 15 is 0 Å². The van der Waals surface area contributed by atoms with Gasteiger partial charge in [0.15, 0.2) is 0 Å². The Morgan fingerprint density at radius 3 is 2.64 bits per heavy atom. The number of hydrogen-bond donors (Lipinski definition) is 1. The van der Waals surface area contributed by atoms with Crippen molar-refractivity contribution in [3.05, 3.63) is 87.6 Å². The number of piperidine rings is 1. The average Bonchev–Trinajstić information content (AvgIpc) is 3.31. The fraction of sp³-hybridized carbons (Fsp3) is 0.296. The van der Waals surface area contributed by atoms with Gasteiger partial charge in [0.2, 0.25) is 0 Å². The molecule has 1 N–H and O–H groups in total. The standard InChI is InChI=1S/C27H27F2N3S/c1-3-21-16-33-17-24(21)18(2)31-26-13-20(15-30)4-7-27(26)32-10-8-19(9-11-32)12-22-5-6-23(28)14-25(22)29/h4-7,13-14,16-17,19,31H,2-3,8-12H2,1H3. The summed E-state index contributed by atoms with van der Waals surface area (Å²) in [7, 11) is 0. The molecule has 0 spiro atoms. The Balaban J connectivity index is 1.48. The summed E-state index contributed by atoms with van der Waals surface area (Å²) in [6, 6.07) is 11.8. The Morgan fingerprint density at radius 1 is 1.15 bits per heavy atom. The van der Waals surface area contributed by atoms with Crippen LogP contribution in [0.15, 0.2) is 53.7 Å². The van der Waals surface area contributed by atoms with Gasteiger partial charge in [-0.2, -0.15) is 16.6 Å². The average molecular weight is 464 g/mol. The number of nitrogens with zero attached hydrogens (tertiary/aromatic N) is 2. The predicted octanol–water partition coefficient (Wildman–Crippen LogP) is 7.00. The van der Waals surface area contributed by atoms with Crippen molar-refractivity contribution in [2.75, 3.05) is 23.3 Å². The Bertz CT molecular complexity index is 1190. The molecule has 170 valence electrons. The molecule has 0 amide bonds. The molecule has 1 aromatic heterocycles. The van der Waals surface area contributed by atoms with Crippen LogP contribution in [0.5, 0.6) is 0 Å². The van der Waals surface area contributed by atoms with Gasteiger partial charge < -0.3 is 10.2 Å². The highest BCUT2D eigenvalue weighted by molar-refractivity contribution is 7.08. The van der Waals surface area contributed by atoms with Crippen molar-refractivity contribution in [2.45, 2.75) is 32.6 Å². The van der Waals surface area contributed by atoms with Crippen LogP contribution in [-0.2, 0) is 12.8 Å². The summed E-state index contributed by atoms with van der Waals surface area (Å²) in [4.78, 5) is 2.31. The van der Waals surface area contributed by atoms with Crippen LogP contribution in [0.1, 0.15) is 42.0 Å². The molecule has 2 heterocycles. The van der Waals surface area contributed by atoms with E-state index < -0.39 is 11.6 Å². The summed E-state index contributed by atoms with van der Waals surface area (Å²) in [5.74, 6) is -0.653. The lowest BCUT2D eigenvalue weighted by atomic mass is 9.89. The second-order valence-corrected chi connectivity index (χ2v) is 9.23. The van der Waals surface area contributed by atoms with Crippen LogP contribution in [0.2, 0.25) is 0 Å². The molecule has 33 heavy (non-hydrogen) atoms. The van der Waals surface area contributed by atoms with Crippen LogP contribution in [-0.4, -0.2) is 13.1 Å². The van der Waals surface area contributed by atoms with Crippen molar-refractivity contribution < 1.29 is 8.78 Å². The third kappa shape index (κ3) is 5.26. The molecule has 6 heteroatoms. The minimum Gasteiger partial charge on any atom is -0.370 e. The molecule has 1 aliphatic heterocycles. The van der Waals surface area contributed by atoms with Gasteiger partial charge >= 0.3 is 0 Å². The Kier molecular flexibility index (Phi) is 7.10. The van der Waals surface area contributed by atoms with E-state index in [1.165, 1.54) is 11.6 Å². The van der Waals surface area contributed by atoms with E-state index in [2.05, 4.69) is 40.5 Å². The van der Waals surface area contributed by atoms with Crippen LogP contribution in [0, 0.1) is 28.9 Å². The van der Waals surface area contributed by atoms with Gasteiger partial charge in [-0.05, 0) is 72.4 Å². The van der Waals surface area contributed by atoms with Crippen LogP contribution < -0.4 is 10.2 Å². The number of anilines is 2. The summed E-state index contributed by atoms with van der Waals surface area (Å²) in [6.07, 6.45) is 3.39. The van der Waals surface area contributed by atoms with E-state index in [9.17, 15) is 14.0 Å². The number of nitriles is 1. The fourth-order valence-corrected chi connectivity index (χ4v) is 5.41. The van der Waals surface area contributed by atoms with Gasteiger partial charge in [-0.1, -0.05) is 19.6 Å². The molecule has 4 rings (SSSR count). The quantitative estimate of drug-likeness (QED) is 0.410. The molecule has 1 aliphatic rings. The van der Waals surface area contributed by atoms with Crippen LogP contribution in [0.25, 0.3) is 5.70 Å². The first-order chi connectivity index (χ1) is 16.0. The van der Waals surface area contributed by atoms with Crippen molar-refractivity contribution in [1.82, 2.24) is 0 Å². The van der Waals surface area contributed by atoms with Crippen molar-refractivity contribution >= 4 is 28.4 Å². The SMILES string of the molecule is C=C(Nc1cc(C#N)ccc1N1CCC(Cc2ccc(F)cc2F)CC1)c1cscc1CC. The van der Waals surface area contributed by atoms with E-state index in [1.54, 1.807) is 17.4 Å². The maximum absolute atomic E-state index is 14.1. The molecule has 2 aromatic carbocycles. The smallest absolute Gasteiger partial charge is 0.129 e. The lowest BCUT2D eigenvalue weighted by Crippen LogP contribution is -2.34. The second-order valence-electron chi connectivity index (χ2n) is 8.48. The topological polar surface area (TPSA) is 39.1 Å². The van der Waals surface area contributed by atoms with Gasteiger partial charge in [0.1, 0.15) is 11.6 Å². The first kappa shape index (κ1) is 23.0. The van der Waals surface area contributed by atoms with E-state index in [-0.39, 0.29) is 0 Å². The number of benzene rings is 2. The molecule has 3 aromatic rings. The van der Waals surface area contributed by atoms with Crippen LogP contribution in [0.4, 0.5) is 20.2 Å². The zero-order valence-electron chi connectivity index (χ0n) is 18.7. The maximum Gasteiger partial charge on any atom is 0.129 e. The molecular weight excluding hydrogens is 436 g/mol. The van der Waals surface area contributed by atoms with E-state index in [0.29, 0.717) is 23.5 Å². The summed E-state index contributed by atoms with van der Waals surface area (Å²) < 4.78 is 27.3. The minimum absolute atomic E-state index is 0.351. The number of nitrogens with one attached hydrogen (secondary N) is 1. The summed E-state index contributed by atoms with van der Waals surface area (Å²) in [5, 5.41) is 17.1. The van der Waals surface area contributed by atoms with Crippen LogP contribution >= 0.6 is 11.3 Å². The van der Waals surface area contributed by atoms with Gasteiger partial charge in [0, 0.05) is 35.8 Å². The highest BCUT2D eigenvalue weighted by Crippen LogP contribution is 2.34. The minimum atomic E-state index is -0.540. The normalized spacial score (nSPS) is 14.2. The first-order valence-electron chi connectivity index (χ1n) is 11.2. The number of hydrogen-bond acceptors (Lipinski definition) is 4. The third-order valence-corrected chi connectivity index (χ3v) is 7.13. The summed E-state index contributed by atoms with van der Waals surface area (Å²) in [5.41, 5.74) is 6.27. The molecule has 0 radical (unpaired) electrons. The molecule has 3 nitrogen and oxygen atoms in total. The van der Waals surface area contributed by atoms with Gasteiger partial charge in [0.05, 0.1) is 23.0 Å². The van der Waals surface area contributed by atoms with Gasteiger partial charge in [-0.25, -0.2) is 8.78 Å². The van der Waals surface area contributed by atoms with Gasteiger partial charge in [0.25, 0.3) is 0 Å². The molecule has 0 bridgehead atoms. The number of halogens is 2. The van der Waals surface area contributed by atoms with Crippen molar-refractivity contribution in [3.63, 3.8) is 0 Å². The number of aryl methyl sites for hydroxylation is 1. The van der Waals surface area contributed by atoms with Crippen molar-refractivity contribution in [3.8, 4) is 6.07 Å². The fourth-order valence-electron chi connectivity index (χ4n) is 4.45. The van der Waals surface area contributed by atoms with Gasteiger partial charge in [-0.15, -0.1) is 0 Å². The number of thiophene rings is 1. The molecular formula is C27H27F2N3S. The second kappa shape index (κ2) is 10.2. The Morgan fingerprint density at radius 2 is 1.94 bits per heavy atom. The molecule has 0 atom stereocenters.